The van der Waals surface area contributed by atoms with Gasteiger partial charge in [-0.3, -0.25) is 0 Å². The summed E-state index contributed by atoms with van der Waals surface area (Å²) in [5.74, 6) is 0. The van der Waals surface area contributed by atoms with E-state index >= 15 is 0 Å². The van der Waals surface area contributed by atoms with Crippen LogP contribution in [0, 0.1) is 0 Å². The smallest absolute Gasteiger partial charge is 0.0662 e. The van der Waals surface area contributed by atoms with E-state index in [1.165, 1.54) is 0 Å². The summed E-state index contributed by atoms with van der Waals surface area (Å²) in [6.45, 7) is 6.12. The van der Waals surface area contributed by atoms with Gasteiger partial charge in [-0.1, -0.05) is 6.92 Å². The molecule has 0 heterocycles. The molecule has 11 heavy (non-hydrogen) atoms. The molecular formula is C8H19NO2. The van der Waals surface area contributed by atoms with Crippen molar-refractivity contribution in [2.75, 3.05) is 6.54 Å². The van der Waals surface area contributed by atoms with Gasteiger partial charge in [-0.25, -0.2) is 0 Å². The van der Waals surface area contributed by atoms with Crippen LogP contribution >= 0.6 is 0 Å². The second kappa shape index (κ2) is 5.52. The van der Waals surface area contributed by atoms with Crippen molar-refractivity contribution in [2.45, 2.75) is 45.4 Å². The third-order valence-corrected chi connectivity index (χ3v) is 1.87. The molecule has 0 saturated heterocycles. The van der Waals surface area contributed by atoms with Crippen molar-refractivity contribution in [1.82, 2.24) is 5.32 Å². The molecule has 0 fully saturated rings. The molecule has 0 aliphatic rings. The molecule has 0 bridgehead atoms. The molecule has 0 aliphatic carbocycles. The van der Waals surface area contributed by atoms with Crippen LogP contribution in [-0.2, 0) is 0 Å². The molecule has 0 aromatic rings. The van der Waals surface area contributed by atoms with Crippen LogP contribution in [-0.4, -0.2) is 35.0 Å². The lowest BCUT2D eigenvalue weighted by atomic mass is 10.2. The fourth-order valence-corrected chi connectivity index (χ4v) is 0.637. The summed E-state index contributed by atoms with van der Waals surface area (Å²) in [6.07, 6.45) is 0.0924. The molecule has 0 saturated carbocycles. The topological polar surface area (TPSA) is 52.5 Å². The molecule has 3 atom stereocenters. The van der Waals surface area contributed by atoms with Gasteiger partial charge in [0.2, 0.25) is 0 Å². The first-order valence-electron chi connectivity index (χ1n) is 4.17. The molecule has 0 aromatic heterocycles. The van der Waals surface area contributed by atoms with E-state index in [0.29, 0.717) is 6.54 Å². The molecule has 3 N–H and O–H groups in total. The second-order valence-corrected chi connectivity index (χ2v) is 3.00. The maximum absolute atomic E-state index is 9.14. The first kappa shape index (κ1) is 10.9. The van der Waals surface area contributed by atoms with Gasteiger partial charge in [-0.2, -0.15) is 0 Å². The summed E-state index contributed by atoms with van der Waals surface area (Å²) in [5.41, 5.74) is 0. The predicted octanol–water partition coefficient (Wildman–Crippen LogP) is 0.116. The average molecular weight is 161 g/mol. The third-order valence-electron chi connectivity index (χ3n) is 1.87. The summed E-state index contributed by atoms with van der Waals surface area (Å²) in [5, 5.41) is 21.2. The third kappa shape index (κ3) is 5.18. The van der Waals surface area contributed by atoms with Crippen LogP contribution in [0.3, 0.4) is 0 Å². The van der Waals surface area contributed by atoms with Gasteiger partial charge >= 0.3 is 0 Å². The fourth-order valence-electron chi connectivity index (χ4n) is 0.637. The second-order valence-electron chi connectivity index (χ2n) is 3.00. The number of hydrogen-bond acceptors (Lipinski definition) is 3. The summed E-state index contributed by atoms with van der Waals surface area (Å²) >= 11 is 0. The van der Waals surface area contributed by atoms with E-state index in [0.717, 1.165) is 6.42 Å². The van der Waals surface area contributed by atoms with E-state index in [2.05, 4.69) is 5.32 Å². The summed E-state index contributed by atoms with van der Waals surface area (Å²) in [4.78, 5) is 0. The van der Waals surface area contributed by atoms with Gasteiger partial charge in [-0.05, 0) is 20.3 Å². The number of nitrogens with one attached hydrogen (secondary N) is 1. The Morgan fingerprint density at radius 3 is 2.18 bits per heavy atom. The Balaban J connectivity index is 3.37. The minimum Gasteiger partial charge on any atom is -0.392 e. The monoisotopic (exact) mass is 161 g/mol. The van der Waals surface area contributed by atoms with Crippen LogP contribution in [0.1, 0.15) is 27.2 Å². The van der Waals surface area contributed by atoms with Crippen molar-refractivity contribution in [1.29, 1.82) is 0 Å². The molecule has 0 aliphatic heterocycles. The molecule has 0 aromatic carbocycles. The largest absolute Gasteiger partial charge is 0.392 e. The molecule has 68 valence electrons. The van der Waals surface area contributed by atoms with Gasteiger partial charge in [-0.15, -0.1) is 0 Å². The molecule has 0 amide bonds. The zero-order chi connectivity index (χ0) is 8.85. The Bertz CT molecular complexity index is 96.1. The van der Waals surface area contributed by atoms with Gasteiger partial charge < -0.3 is 15.5 Å². The van der Waals surface area contributed by atoms with Crippen LogP contribution in [0.25, 0.3) is 0 Å². The standard InChI is InChI=1S/C8H19NO2/c1-4-8(11)5-9-6(2)7(3)10/h6-11H,4-5H2,1-3H3. The van der Waals surface area contributed by atoms with Crippen LogP contribution in [0.2, 0.25) is 0 Å². The van der Waals surface area contributed by atoms with E-state index in [4.69, 9.17) is 10.2 Å². The highest BCUT2D eigenvalue weighted by Crippen LogP contribution is 1.92. The van der Waals surface area contributed by atoms with E-state index in [-0.39, 0.29) is 18.2 Å². The summed E-state index contributed by atoms with van der Waals surface area (Å²) in [7, 11) is 0. The highest BCUT2D eigenvalue weighted by molar-refractivity contribution is 4.68. The average Bonchev–Trinajstić information content (AvgIpc) is 1.99. The van der Waals surface area contributed by atoms with Crippen LogP contribution in [0.4, 0.5) is 0 Å². The van der Waals surface area contributed by atoms with Gasteiger partial charge in [0, 0.05) is 12.6 Å². The van der Waals surface area contributed by atoms with E-state index in [1.54, 1.807) is 6.92 Å². The first-order valence-corrected chi connectivity index (χ1v) is 4.17. The van der Waals surface area contributed by atoms with Gasteiger partial charge in [0.05, 0.1) is 12.2 Å². The minimum atomic E-state index is -0.362. The summed E-state index contributed by atoms with van der Waals surface area (Å²) < 4.78 is 0. The minimum absolute atomic E-state index is 0.0520. The first-order chi connectivity index (χ1) is 5.07. The highest BCUT2D eigenvalue weighted by Gasteiger charge is 2.08. The zero-order valence-corrected chi connectivity index (χ0v) is 7.54. The fraction of sp³-hybridized carbons (Fsp3) is 1.00. The van der Waals surface area contributed by atoms with Crippen molar-refractivity contribution in [3.05, 3.63) is 0 Å². The zero-order valence-electron chi connectivity index (χ0n) is 7.54. The Hall–Kier alpha value is -0.120. The maximum atomic E-state index is 9.14. The lowest BCUT2D eigenvalue weighted by Crippen LogP contribution is -2.39. The predicted molar refractivity (Wildman–Crippen MR) is 45.4 cm³/mol. The van der Waals surface area contributed by atoms with Crippen molar-refractivity contribution >= 4 is 0 Å². The highest BCUT2D eigenvalue weighted by atomic mass is 16.3. The number of rotatable bonds is 5. The van der Waals surface area contributed by atoms with Crippen LogP contribution in [0.5, 0.6) is 0 Å². The maximum Gasteiger partial charge on any atom is 0.0662 e. The van der Waals surface area contributed by atoms with Crippen molar-refractivity contribution < 1.29 is 10.2 Å². The van der Waals surface area contributed by atoms with Gasteiger partial charge in [0.15, 0.2) is 0 Å². The molecule has 0 spiro atoms. The SMILES string of the molecule is CCC(O)CNC(C)C(C)O. The Morgan fingerprint density at radius 2 is 1.82 bits per heavy atom. The molecular weight excluding hydrogens is 142 g/mol. The Kier molecular flexibility index (Phi) is 5.46. The molecule has 3 heteroatoms. The number of hydrogen-bond donors (Lipinski definition) is 3. The molecule has 0 radical (unpaired) electrons. The molecule has 0 rings (SSSR count). The van der Waals surface area contributed by atoms with Gasteiger partial charge in [0.1, 0.15) is 0 Å². The van der Waals surface area contributed by atoms with Crippen LogP contribution < -0.4 is 5.32 Å². The van der Waals surface area contributed by atoms with Crippen molar-refractivity contribution in [3.63, 3.8) is 0 Å². The lowest BCUT2D eigenvalue weighted by Gasteiger charge is -2.18. The Morgan fingerprint density at radius 1 is 1.27 bits per heavy atom. The normalized spacial score (nSPS) is 19.4. The number of aliphatic hydroxyl groups is 2. The number of aliphatic hydroxyl groups excluding tert-OH is 2. The Labute approximate surface area is 68.4 Å². The van der Waals surface area contributed by atoms with Crippen molar-refractivity contribution in [3.8, 4) is 0 Å². The summed E-state index contributed by atoms with van der Waals surface area (Å²) in [6, 6.07) is 0.0520. The van der Waals surface area contributed by atoms with E-state index in [1.807, 2.05) is 13.8 Å². The molecule has 3 unspecified atom stereocenters. The lowest BCUT2D eigenvalue weighted by molar-refractivity contribution is 0.126. The van der Waals surface area contributed by atoms with E-state index in [9.17, 15) is 0 Å². The van der Waals surface area contributed by atoms with Crippen LogP contribution in [0.15, 0.2) is 0 Å². The quantitative estimate of drug-likeness (QED) is 0.536. The molecule has 3 nitrogen and oxygen atoms in total. The van der Waals surface area contributed by atoms with Crippen molar-refractivity contribution in [2.24, 2.45) is 0 Å². The van der Waals surface area contributed by atoms with Gasteiger partial charge in [0.25, 0.3) is 0 Å². The van der Waals surface area contributed by atoms with E-state index < -0.39 is 0 Å².